The summed E-state index contributed by atoms with van der Waals surface area (Å²) in [6, 6.07) is 0. The van der Waals surface area contributed by atoms with Crippen LogP contribution < -0.4 is 5.73 Å². The molecule has 0 aliphatic rings. The first-order valence-electron chi connectivity index (χ1n) is 7.42. The second-order valence-corrected chi connectivity index (χ2v) is 6.30. The molecule has 0 bridgehead atoms. The van der Waals surface area contributed by atoms with Crippen molar-refractivity contribution in [1.29, 1.82) is 0 Å². The molecule has 2 N–H and O–H groups in total. The third kappa shape index (κ3) is 4.22. The van der Waals surface area contributed by atoms with Gasteiger partial charge in [-0.25, -0.2) is 0 Å². The molecule has 0 rings (SSSR count). The summed E-state index contributed by atoms with van der Waals surface area (Å²) < 4.78 is 0. The Hall–Kier alpha value is -0.120. The quantitative estimate of drug-likeness (QED) is 0.688. The SMILES string of the molecule is CCCN(CCN(C)C)C(CN)(C(C)C)C(C)C. The molecule has 0 amide bonds. The van der Waals surface area contributed by atoms with Crippen molar-refractivity contribution in [2.45, 2.75) is 46.6 Å². The molecule has 0 fully saturated rings. The molecule has 0 spiro atoms. The normalized spacial score (nSPS) is 13.3. The summed E-state index contributed by atoms with van der Waals surface area (Å²) in [5.74, 6) is 1.16. The van der Waals surface area contributed by atoms with Crippen molar-refractivity contribution in [3.8, 4) is 0 Å². The van der Waals surface area contributed by atoms with Crippen molar-refractivity contribution in [1.82, 2.24) is 9.80 Å². The van der Waals surface area contributed by atoms with Gasteiger partial charge in [0.05, 0.1) is 0 Å². The Morgan fingerprint density at radius 1 is 0.944 bits per heavy atom. The topological polar surface area (TPSA) is 32.5 Å². The molecule has 0 aromatic rings. The molecule has 110 valence electrons. The predicted molar refractivity (Wildman–Crippen MR) is 81.9 cm³/mol. The molecule has 0 saturated carbocycles. The third-order valence-corrected chi connectivity index (χ3v) is 4.23. The van der Waals surface area contributed by atoms with Gasteiger partial charge in [-0.15, -0.1) is 0 Å². The van der Waals surface area contributed by atoms with E-state index in [1.807, 2.05) is 0 Å². The third-order valence-electron chi connectivity index (χ3n) is 4.23. The van der Waals surface area contributed by atoms with Gasteiger partial charge in [-0.3, -0.25) is 4.90 Å². The summed E-state index contributed by atoms with van der Waals surface area (Å²) >= 11 is 0. The van der Waals surface area contributed by atoms with E-state index in [9.17, 15) is 0 Å². The summed E-state index contributed by atoms with van der Waals surface area (Å²) in [7, 11) is 4.28. The van der Waals surface area contributed by atoms with E-state index in [1.165, 1.54) is 6.42 Å². The molecule has 0 atom stereocenters. The molecular formula is C15H35N3. The number of rotatable bonds is 9. The van der Waals surface area contributed by atoms with E-state index in [4.69, 9.17) is 5.73 Å². The van der Waals surface area contributed by atoms with Crippen LogP contribution in [0, 0.1) is 11.8 Å². The summed E-state index contributed by atoms with van der Waals surface area (Å²) in [4.78, 5) is 4.88. The van der Waals surface area contributed by atoms with Gasteiger partial charge in [0.1, 0.15) is 0 Å². The minimum Gasteiger partial charge on any atom is -0.329 e. The Labute approximate surface area is 115 Å². The molecule has 3 nitrogen and oxygen atoms in total. The lowest BCUT2D eigenvalue weighted by atomic mass is 9.75. The summed E-state index contributed by atoms with van der Waals surface area (Å²) in [6.07, 6.45) is 1.19. The number of hydrogen-bond donors (Lipinski definition) is 1. The number of hydrogen-bond acceptors (Lipinski definition) is 3. The molecule has 0 aromatic carbocycles. The van der Waals surface area contributed by atoms with Gasteiger partial charge in [0, 0.05) is 25.2 Å². The van der Waals surface area contributed by atoms with Crippen LogP contribution >= 0.6 is 0 Å². The molecule has 0 unspecified atom stereocenters. The molecule has 0 aliphatic carbocycles. The average molecular weight is 257 g/mol. The zero-order valence-electron chi connectivity index (χ0n) is 13.7. The highest BCUT2D eigenvalue weighted by molar-refractivity contribution is 4.97. The minimum absolute atomic E-state index is 0.131. The zero-order chi connectivity index (χ0) is 14.3. The van der Waals surface area contributed by atoms with Crippen molar-refractivity contribution < 1.29 is 0 Å². The Morgan fingerprint density at radius 2 is 1.44 bits per heavy atom. The molecule has 0 aromatic heterocycles. The maximum Gasteiger partial charge on any atom is 0.0377 e. The Kier molecular flexibility index (Phi) is 8.08. The van der Waals surface area contributed by atoms with E-state index in [0.29, 0.717) is 11.8 Å². The first kappa shape index (κ1) is 17.9. The van der Waals surface area contributed by atoms with Gasteiger partial charge in [0.25, 0.3) is 0 Å². The molecule has 3 heteroatoms. The van der Waals surface area contributed by atoms with Crippen molar-refractivity contribution in [3.05, 3.63) is 0 Å². The standard InChI is InChI=1S/C15H35N3/c1-8-9-18(11-10-17(6)7)15(12-16,13(2)3)14(4)5/h13-14H,8-12,16H2,1-7H3. The highest BCUT2D eigenvalue weighted by Crippen LogP contribution is 2.32. The van der Waals surface area contributed by atoms with E-state index < -0.39 is 0 Å². The molecular weight excluding hydrogens is 222 g/mol. The van der Waals surface area contributed by atoms with Crippen LogP contribution in [0.4, 0.5) is 0 Å². The van der Waals surface area contributed by atoms with Crippen LogP contribution in [-0.2, 0) is 0 Å². The van der Waals surface area contributed by atoms with E-state index in [1.54, 1.807) is 0 Å². The van der Waals surface area contributed by atoms with Gasteiger partial charge in [-0.05, 0) is 38.9 Å². The van der Waals surface area contributed by atoms with Crippen LogP contribution in [0.15, 0.2) is 0 Å². The highest BCUT2D eigenvalue weighted by Gasteiger charge is 2.40. The zero-order valence-corrected chi connectivity index (χ0v) is 13.7. The maximum absolute atomic E-state index is 6.19. The van der Waals surface area contributed by atoms with Gasteiger partial charge in [0.2, 0.25) is 0 Å². The number of nitrogens with two attached hydrogens (primary N) is 1. The summed E-state index contributed by atoms with van der Waals surface area (Å²) in [6.45, 7) is 15.6. The lowest BCUT2D eigenvalue weighted by molar-refractivity contribution is 0.00632. The average Bonchev–Trinajstić information content (AvgIpc) is 2.26. The lowest BCUT2D eigenvalue weighted by Crippen LogP contribution is -2.62. The van der Waals surface area contributed by atoms with Gasteiger partial charge in [-0.1, -0.05) is 34.6 Å². The van der Waals surface area contributed by atoms with Crippen LogP contribution in [-0.4, -0.2) is 55.6 Å². The van der Waals surface area contributed by atoms with Gasteiger partial charge in [-0.2, -0.15) is 0 Å². The van der Waals surface area contributed by atoms with E-state index in [2.05, 4.69) is 58.5 Å². The fourth-order valence-corrected chi connectivity index (χ4v) is 3.12. The largest absolute Gasteiger partial charge is 0.329 e. The minimum atomic E-state index is 0.131. The molecule has 0 aliphatic heterocycles. The second kappa shape index (κ2) is 8.13. The van der Waals surface area contributed by atoms with Gasteiger partial charge >= 0.3 is 0 Å². The molecule has 0 heterocycles. The second-order valence-electron chi connectivity index (χ2n) is 6.30. The Bertz CT molecular complexity index is 204. The van der Waals surface area contributed by atoms with E-state index in [0.717, 1.165) is 26.2 Å². The van der Waals surface area contributed by atoms with E-state index >= 15 is 0 Å². The van der Waals surface area contributed by atoms with Crippen molar-refractivity contribution in [3.63, 3.8) is 0 Å². The van der Waals surface area contributed by atoms with E-state index in [-0.39, 0.29) is 5.54 Å². The highest BCUT2D eigenvalue weighted by atomic mass is 15.2. The Morgan fingerprint density at radius 3 is 1.72 bits per heavy atom. The van der Waals surface area contributed by atoms with Crippen molar-refractivity contribution in [2.75, 3.05) is 40.3 Å². The fraction of sp³-hybridized carbons (Fsp3) is 1.00. The molecule has 0 saturated heterocycles. The van der Waals surface area contributed by atoms with Gasteiger partial charge in [0.15, 0.2) is 0 Å². The fourth-order valence-electron chi connectivity index (χ4n) is 3.12. The summed E-state index contributed by atoms with van der Waals surface area (Å²) in [5, 5.41) is 0. The van der Waals surface area contributed by atoms with Crippen LogP contribution in [0.25, 0.3) is 0 Å². The predicted octanol–water partition coefficient (Wildman–Crippen LogP) is 2.27. The van der Waals surface area contributed by atoms with Crippen LogP contribution in [0.3, 0.4) is 0 Å². The summed E-state index contributed by atoms with van der Waals surface area (Å²) in [5.41, 5.74) is 6.32. The number of likely N-dealkylation sites (N-methyl/N-ethyl adjacent to an activating group) is 1. The van der Waals surface area contributed by atoms with Gasteiger partial charge < -0.3 is 10.6 Å². The monoisotopic (exact) mass is 257 g/mol. The smallest absolute Gasteiger partial charge is 0.0377 e. The van der Waals surface area contributed by atoms with Crippen LogP contribution in [0.2, 0.25) is 0 Å². The number of nitrogens with zero attached hydrogens (tertiary/aromatic N) is 2. The maximum atomic E-state index is 6.19. The first-order valence-corrected chi connectivity index (χ1v) is 7.42. The lowest BCUT2D eigenvalue weighted by Gasteiger charge is -2.50. The van der Waals surface area contributed by atoms with Crippen molar-refractivity contribution >= 4 is 0 Å². The first-order chi connectivity index (χ1) is 8.32. The molecule has 0 radical (unpaired) electrons. The van der Waals surface area contributed by atoms with Crippen LogP contribution in [0.1, 0.15) is 41.0 Å². The van der Waals surface area contributed by atoms with Crippen molar-refractivity contribution in [2.24, 2.45) is 17.6 Å². The van der Waals surface area contributed by atoms with Crippen LogP contribution in [0.5, 0.6) is 0 Å². The Balaban J connectivity index is 5.07. The molecule has 18 heavy (non-hydrogen) atoms.